The number of aromatic carboxylic acids is 1. The van der Waals surface area contributed by atoms with Gasteiger partial charge in [-0.2, -0.15) is 0 Å². The van der Waals surface area contributed by atoms with E-state index in [-0.39, 0.29) is 21.2 Å². The van der Waals surface area contributed by atoms with E-state index in [0.29, 0.717) is 0 Å². The molecule has 2 atom stereocenters. The highest BCUT2D eigenvalue weighted by Crippen LogP contribution is 2.20. The van der Waals surface area contributed by atoms with E-state index in [9.17, 15) is 17.4 Å². The van der Waals surface area contributed by atoms with Gasteiger partial charge in [-0.3, -0.25) is 4.21 Å². The predicted octanol–water partition coefficient (Wildman–Crippen LogP) is 1.08. The molecule has 1 aromatic carbocycles. The Labute approximate surface area is 124 Å². The molecular formula is C11H14ClNO5S2. The minimum atomic E-state index is -3.88. The lowest BCUT2D eigenvalue weighted by molar-refractivity contribution is 0.0697. The van der Waals surface area contributed by atoms with Gasteiger partial charge in [-0.15, -0.1) is 0 Å². The molecule has 0 aliphatic rings. The average Bonchev–Trinajstić information content (AvgIpc) is 2.26. The summed E-state index contributed by atoms with van der Waals surface area (Å²) in [6.07, 6.45) is 1.47. The molecule has 0 aromatic heterocycles. The number of carbonyl (C=O) groups is 1. The number of carboxylic acids is 1. The Balaban J connectivity index is 3.07. The first kappa shape index (κ1) is 17.1. The van der Waals surface area contributed by atoms with Gasteiger partial charge in [-0.1, -0.05) is 11.6 Å². The first-order chi connectivity index (χ1) is 9.13. The summed E-state index contributed by atoms with van der Waals surface area (Å²) in [7, 11) is -5.03. The highest BCUT2D eigenvalue weighted by molar-refractivity contribution is 7.89. The lowest BCUT2D eigenvalue weighted by atomic mass is 10.2. The minimum Gasteiger partial charge on any atom is -0.478 e. The second-order valence-electron chi connectivity index (χ2n) is 4.21. The number of nitrogens with one attached hydrogen (secondary N) is 1. The molecule has 9 heteroatoms. The fraction of sp³-hybridized carbons (Fsp3) is 0.364. The molecule has 2 unspecified atom stereocenters. The molecule has 0 aliphatic carbocycles. The Morgan fingerprint density at radius 2 is 2.10 bits per heavy atom. The summed E-state index contributed by atoms with van der Waals surface area (Å²) in [6.45, 7) is 1.58. The van der Waals surface area contributed by atoms with Gasteiger partial charge < -0.3 is 5.11 Å². The largest absolute Gasteiger partial charge is 0.478 e. The number of sulfonamides is 1. The van der Waals surface area contributed by atoms with Crippen molar-refractivity contribution in [1.82, 2.24) is 4.72 Å². The molecule has 0 heterocycles. The van der Waals surface area contributed by atoms with Crippen molar-refractivity contribution in [3.05, 3.63) is 28.8 Å². The van der Waals surface area contributed by atoms with Crippen LogP contribution in [0.15, 0.2) is 23.1 Å². The predicted molar refractivity (Wildman–Crippen MR) is 77.1 cm³/mol. The van der Waals surface area contributed by atoms with E-state index in [4.69, 9.17) is 16.7 Å². The Hall–Kier alpha value is -0.960. The van der Waals surface area contributed by atoms with Gasteiger partial charge in [0.05, 0.1) is 15.5 Å². The van der Waals surface area contributed by atoms with Gasteiger partial charge in [0.15, 0.2) is 0 Å². The number of carboxylic acid groups (broad SMARTS) is 1. The standard InChI is InChI=1S/C11H14ClNO5S2/c1-7(6-19(2)16)13-20(17,18)8-3-4-10(12)9(5-8)11(14)15/h3-5,7,13H,6H2,1-2H3,(H,14,15). The highest BCUT2D eigenvalue weighted by Gasteiger charge is 2.20. The number of benzene rings is 1. The Kier molecular flexibility index (Phi) is 5.69. The van der Waals surface area contributed by atoms with Crippen molar-refractivity contribution in [2.45, 2.75) is 17.9 Å². The molecule has 112 valence electrons. The van der Waals surface area contributed by atoms with E-state index in [2.05, 4.69) is 4.72 Å². The maximum Gasteiger partial charge on any atom is 0.337 e. The molecule has 0 fully saturated rings. The first-order valence-electron chi connectivity index (χ1n) is 5.48. The first-order valence-corrected chi connectivity index (χ1v) is 9.07. The number of halogens is 1. The Morgan fingerprint density at radius 3 is 2.60 bits per heavy atom. The molecule has 0 radical (unpaired) electrons. The number of rotatable bonds is 6. The van der Waals surface area contributed by atoms with E-state index in [0.717, 1.165) is 6.07 Å². The summed E-state index contributed by atoms with van der Waals surface area (Å²) in [5, 5.41) is 8.87. The van der Waals surface area contributed by atoms with E-state index in [1.54, 1.807) is 6.92 Å². The average molecular weight is 340 g/mol. The van der Waals surface area contributed by atoms with E-state index >= 15 is 0 Å². The van der Waals surface area contributed by atoms with Gasteiger partial charge in [0.25, 0.3) is 0 Å². The van der Waals surface area contributed by atoms with Gasteiger partial charge in [0, 0.05) is 28.9 Å². The van der Waals surface area contributed by atoms with Crippen LogP contribution in [0.25, 0.3) is 0 Å². The third kappa shape index (κ3) is 4.55. The van der Waals surface area contributed by atoms with Gasteiger partial charge in [-0.25, -0.2) is 17.9 Å². The number of hydrogen-bond acceptors (Lipinski definition) is 4. The van der Waals surface area contributed by atoms with Crippen LogP contribution in [0.2, 0.25) is 5.02 Å². The van der Waals surface area contributed by atoms with E-state index in [1.807, 2.05) is 0 Å². The third-order valence-corrected chi connectivity index (χ3v) is 5.21. The van der Waals surface area contributed by atoms with Crippen molar-refractivity contribution >= 4 is 38.4 Å². The molecule has 1 aromatic rings. The SMILES string of the molecule is CC(CS(C)=O)NS(=O)(=O)c1ccc(Cl)c(C(=O)O)c1. The van der Waals surface area contributed by atoms with E-state index in [1.165, 1.54) is 18.4 Å². The zero-order valence-corrected chi connectivity index (χ0v) is 13.2. The zero-order valence-electron chi connectivity index (χ0n) is 10.8. The molecule has 0 bridgehead atoms. The van der Waals surface area contributed by atoms with Crippen molar-refractivity contribution < 1.29 is 22.5 Å². The van der Waals surface area contributed by atoms with Gasteiger partial charge in [0.2, 0.25) is 10.0 Å². The second-order valence-corrected chi connectivity index (χ2v) is 7.81. The van der Waals surface area contributed by atoms with Crippen molar-refractivity contribution in [2.24, 2.45) is 0 Å². The van der Waals surface area contributed by atoms with Crippen molar-refractivity contribution in [3.8, 4) is 0 Å². The maximum atomic E-state index is 12.1. The molecule has 0 saturated carbocycles. The van der Waals surface area contributed by atoms with Crippen molar-refractivity contribution in [2.75, 3.05) is 12.0 Å². The van der Waals surface area contributed by atoms with Crippen LogP contribution in [-0.2, 0) is 20.8 Å². The summed E-state index contributed by atoms with van der Waals surface area (Å²) < 4.78 is 37.5. The number of hydrogen-bond donors (Lipinski definition) is 2. The highest BCUT2D eigenvalue weighted by atomic mass is 35.5. The van der Waals surface area contributed by atoms with E-state index < -0.39 is 32.8 Å². The molecule has 0 aliphatic heterocycles. The topological polar surface area (TPSA) is 101 Å². The van der Waals surface area contributed by atoms with Gasteiger partial charge in [-0.05, 0) is 25.1 Å². The van der Waals surface area contributed by atoms with Crippen LogP contribution in [-0.4, -0.2) is 41.8 Å². The second kappa shape index (κ2) is 6.66. The van der Waals surface area contributed by atoms with Crippen LogP contribution in [0.3, 0.4) is 0 Å². The Morgan fingerprint density at radius 1 is 1.50 bits per heavy atom. The van der Waals surface area contributed by atoms with Crippen molar-refractivity contribution in [3.63, 3.8) is 0 Å². The molecule has 0 amide bonds. The molecular weight excluding hydrogens is 326 g/mol. The minimum absolute atomic E-state index is 0.0424. The fourth-order valence-corrected chi connectivity index (χ4v) is 3.92. The quantitative estimate of drug-likeness (QED) is 0.807. The van der Waals surface area contributed by atoms with Crippen LogP contribution in [0.4, 0.5) is 0 Å². The fourth-order valence-electron chi connectivity index (χ4n) is 1.55. The van der Waals surface area contributed by atoms with Crippen LogP contribution in [0, 0.1) is 0 Å². The maximum absolute atomic E-state index is 12.1. The Bertz CT molecular complexity index is 644. The molecule has 2 N–H and O–H groups in total. The van der Waals surface area contributed by atoms with Gasteiger partial charge in [0.1, 0.15) is 0 Å². The molecule has 0 saturated heterocycles. The molecule has 6 nitrogen and oxygen atoms in total. The monoisotopic (exact) mass is 339 g/mol. The van der Waals surface area contributed by atoms with Crippen LogP contribution >= 0.6 is 11.6 Å². The summed E-state index contributed by atoms with van der Waals surface area (Å²) in [6, 6.07) is 2.88. The lowest BCUT2D eigenvalue weighted by Gasteiger charge is -2.13. The van der Waals surface area contributed by atoms with Crippen LogP contribution in [0.5, 0.6) is 0 Å². The van der Waals surface area contributed by atoms with Gasteiger partial charge >= 0.3 is 5.97 Å². The van der Waals surface area contributed by atoms with Crippen LogP contribution in [0.1, 0.15) is 17.3 Å². The smallest absolute Gasteiger partial charge is 0.337 e. The molecule has 1 rings (SSSR count). The normalized spacial score (nSPS) is 14.8. The third-order valence-electron chi connectivity index (χ3n) is 2.32. The molecule has 0 spiro atoms. The lowest BCUT2D eigenvalue weighted by Crippen LogP contribution is -2.36. The van der Waals surface area contributed by atoms with Crippen LogP contribution < -0.4 is 4.72 Å². The summed E-state index contributed by atoms with van der Waals surface area (Å²) in [5.41, 5.74) is -0.290. The van der Waals surface area contributed by atoms with Crippen molar-refractivity contribution in [1.29, 1.82) is 0 Å². The zero-order chi connectivity index (χ0) is 15.5. The summed E-state index contributed by atoms with van der Waals surface area (Å²) in [4.78, 5) is 10.7. The summed E-state index contributed by atoms with van der Waals surface area (Å²) >= 11 is 5.68. The summed E-state index contributed by atoms with van der Waals surface area (Å²) in [5.74, 6) is -1.15. The molecule has 20 heavy (non-hydrogen) atoms.